The van der Waals surface area contributed by atoms with Gasteiger partial charge in [-0.15, -0.1) is 0 Å². The Morgan fingerprint density at radius 3 is 3.07 bits per heavy atom. The SMILES string of the molecule is CCOC(=O)CC[C@H](N)c1cccnc1. The minimum absolute atomic E-state index is 0.150. The van der Waals surface area contributed by atoms with E-state index in [1.807, 2.05) is 12.1 Å². The molecule has 0 spiro atoms. The molecule has 0 aliphatic heterocycles. The van der Waals surface area contributed by atoms with Gasteiger partial charge in [0.15, 0.2) is 0 Å². The molecule has 1 atom stereocenters. The van der Waals surface area contributed by atoms with Gasteiger partial charge in [0.05, 0.1) is 6.61 Å². The second kappa shape index (κ2) is 6.14. The van der Waals surface area contributed by atoms with Gasteiger partial charge in [0, 0.05) is 24.9 Å². The van der Waals surface area contributed by atoms with E-state index in [9.17, 15) is 4.79 Å². The lowest BCUT2D eigenvalue weighted by molar-refractivity contribution is -0.143. The molecule has 15 heavy (non-hydrogen) atoms. The summed E-state index contributed by atoms with van der Waals surface area (Å²) in [6.45, 7) is 2.21. The van der Waals surface area contributed by atoms with Crippen LogP contribution in [0.2, 0.25) is 0 Å². The summed E-state index contributed by atoms with van der Waals surface area (Å²) < 4.78 is 4.82. The number of pyridine rings is 1. The summed E-state index contributed by atoms with van der Waals surface area (Å²) in [4.78, 5) is 15.1. The Labute approximate surface area is 89.5 Å². The lowest BCUT2D eigenvalue weighted by Gasteiger charge is -2.10. The molecule has 0 fully saturated rings. The standard InChI is InChI=1S/C11H16N2O2/c1-2-15-11(14)6-5-10(12)9-4-3-7-13-8-9/h3-4,7-8,10H,2,5-6,12H2,1H3/t10-/m0/s1. The molecule has 1 rings (SSSR count). The van der Waals surface area contributed by atoms with Crippen LogP contribution >= 0.6 is 0 Å². The number of nitrogens with two attached hydrogens (primary N) is 1. The van der Waals surface area contributed by atoms with Crippen LogP contribution in [-0.4, -0.2) is 17.6 Å². The van der Waals surface area contributed by atoms with E-state index in [1.54, 1.807) is 19.3 Å². The maximum Gasteiger partial charge on any atom is 0.305 e. The van der Waals surface area contributed by atoms with Crippen molar-refractivity contribution >= 4 is 5.97 Å². The third-order valence-corrected chi connectivity index (χ3v) is 2.08. The first-order valence-corrected chi connectivity index (χ1v) is 5.05. The number of nitrogens with zero attached hydrogens (tertiary/aromatic N) is 1. The Balaban J connectivity index is 2.37. The molecule has 0 aliphatic carbocycles. The lowest BCUT2D eigenvalue weighted by Crippen LogP contribution is -2.13. The molecule has 0 bridgehead atoms. The van der Waals surface area contributed by atoms with Crippen molar-refractivity contribution in [1.29, 1.82) is 0 Å². The monoisotopic (exact) mass is 208 g/mol. The number of rotatable bonds is 5. The molecule has 0 aromatic carbocycles. The van der Waals surface area contributed by atoms with Crippen molar-refractivity contribution in [2.45, 2.75) is 25.8 Å². The van der Waals surface area contributed by atoms with Crippen LogP contribution in [0.3, 0.4) is 0 Å². The van der Waals surface area contributed by atoms with Crippen molar-refractivity contribution in [3.05, 3.63) is 30.1 Å². The van der Waals surface area contributed by atoms with Crippen LogP contribution in [0, 0.1) is 0 Å². The van der Waals surface area contributed by atoms with Gasteiger partial charge in [-0.25, -0.2) is 0 Å². The highest BCUT2D eigenvalue weighted by molar-refractivity contribution is 5.69. The average molecular weight is 208 g/mol. The number of aromatic nitrogens is 1. The molecule has 0 saturated heterocycles. The molecule has 4 nitrogen and oxygen atoms in total. The first-order valence-electron chi connectivity index (χ1n) is 5.05. The number of hydrogen-bond donors (Lipinski definition) is 1. The molecule has 1 aromatic heterocycles. The van der Waals surface area contributed by atoms with E-state index < -0.39 is 0 Å². The summed E-state index contributed by atoms with van der Waals surface area (Å²) in [5, 5.41) is 0. The van der Waals surface area contributed by atoms with Gasteiger partial charge >= 0.3 is 5.97 Å². The van der Waals surface area contributed by atoms with E-state index in [2.05, 4.69) is 4.98 Å². The summed E-state index contributed by atoms with van der Waals surface area (Å²) in [7, 11) is 0. The van der Waals surface area contributed by atoms with E-state index in [4.69, 9.17) is 10.5 Å². The van der Waals surface area contributed by atoms with Gasteiger partial charge in [-0.3, -0.25) is 9.78 Å². The van der Waals surface area contributed by atoms with E-state index in [1.165, 1.54) is 0 Å². The maximum absolute atomic E-state index is 11.1. The zero-order valence-corrected chi connectivity index (χ0v) is 8.85. The zero-order valence-electron chi connectivity index (χ0n) is 8.85. The van der Waals surface area contributed by atoms with Gasteiger partial charge in [0.1, 0.15) is 0 Å². The maximum atomic E-state index is 11.1. The number of ether oxygens (including phenoxy) is 1. The minimum Gasteiger partial charge on any atom is -0.466 e. The Morgan fingerprint density at radius 1 is 1.67 bits per heavy atom. The van der Waals surface area contributed by atoms with E-state index in [-0.39, 0.29) is 12.0 Å². The molecular weight excluding hydrogens is 192 g/mol. The van der Waals surface area contributed by atoms with Crippen molar-refractivity contribution in [1.82, 2.24) is 4.98 Å². The second-order valence-electron chi connectivity index (χ2n) is 3.24. The first kappa shape index (κ1) is 11.7. The molecule has 82 valence electrons. The molecular formula is C11H16N2O2. The predicted molar refractivity (Wildman–Crippen MR) is 57.0 cm³/mol. The zero-order chi connectivity index (χ0) is 11.1. The van der Waals surface area contributed by atoms with Crippen molar-refractivity contribution < 1.29 is 9.53 Å². The Morgan fingerprint density at radius 2 is 2.47 bits per heavy atom. The Kier molecular flexibility index (Phi) is 4.77. The molecule has 0 aliphatic rings. The summed E-state index contributed by atoms with van der Waals surface area (Å²) >= 11 is 0. The van der Waals surface area contributed by atoms with Crippen LogP contribution in [-0.2, 0) is 9.53 Å². The van der Waals surface area contributed by atoms with Crippen molar-refractivity contribution in [3.63, 3.8) is 0 Å². The molecule has 2 N–H and O–H groups in total. The van der Waals surface area contributed by atoms with E-state index in [0.717, 1.165) is 5.56 Å². The number of carbonyl (C=O) groups excluding carboxylic acids is 1. The Bertz CT molecular complexity index is 301. The highest BCUT2D eigenvalue weighted by Gasteiger charge is 2.09. The fourth-order valence-electron chi connectivity index (χ4n) is 1.27. The number of hydrogen-bond acceptors (Lipinski definition) is 4. The largest absolute Gasteiger partial charge is 0.466 e. The van der Waals surface area contributed by atoms with Crippen LogP contribution in [0.1, 0.15) is 31.4 Å². The third-order valence-electron chi connectivity index (χ3n) is 2.08. The molecule has 0 radical (unpaired) electrons. The van der Waals surface area contributed by atoms with Gasteiger partial charge in [0.2, 0.25) is 0 Å². The van der Waals surface area contributed by atoms with Crippen LogP contribution in [0.4, 0.5) is 0 Å². The smallest absolute Gasteiger partial charge is 0.305 e. The van der Waals surface area contributed by atoms with Crippen LogP contribution in [0.5, 0.6) is 0 Å². The fraction of sp³-hybridized carbons (Fsp3) is 0.455. The minimum atomic E-state index is -0.197. The number of esters is 1. The number of carbonyl (C=O) groups is 1. The molecule has 0 saturated carbocycles. The normalized spacial score (nSPS) is 12.1. The van der Waals surface area contributed by atoms with Gasteiger partial charge < -0.3 is 10.5 Å². The van der Waals surface area contributed by atoms with Crippen molar-refractivity contribution in [2.24, 2.45) is 5.73 Å². The highest BCUT2D eigenvalue weighted by atomic mass is 16.5. The molecule has 1 heterocycles. The van der Waals surface area contributed by atoms with Crippen LogP contribution in [0.15, 0.2) is 24.5 Å². The average Bonchev–Trinajstić information content (AvgIpc) is 2.27. The highest BCUT2D eigenvalue weighted by Crippen LogP contribution is 2.14. The predicted octanol–water partition coefficient (Wildman–Crippen LogP) is 1.42. The van der Waals surface area contributed by atoms with Gasteiger partial charge in [-0.1, -0.05) is 6.07 Å². The van der Waals surface area contributed by atoms with E-state index in [0.29, 0.717) is 19.4 Å². The second-order valence-corrected chi connectivity index (χ2v) is 3.24. The van der Waals surface area contributed by atoms with Gasteiger partial charge in [-0.05, 0) is 25.0 Å². The quantitative estimate of drug-likeness (QED) is 0.743. The summed E-state index contributed by atoms with van der Waals surface area (Å²) in [5.41, 5.74) is 6.84. The van der Waals surface area contributed by atoms with Gasteiger partial charge in [0.25, 0.3) is 0 Å². The third kappa shape index (κ3) is 4.08. The molecule has 4 heteroatoms. The van der Waals surface area contributed by atoms with Crippen LogP contribution < -0.4 is 5.73 Å². The fourth-order valence-corrected chi connectivity index (χ4v) is 1.27. The topological polar surface area (TPSA) is 65.2 Å². The summed E-state index contributed by atoms with van der Waals surface area (Å²) in [5.74, 6) is -0.197. The van der Waals surface area contributed by atoms with Crippen molar-refractivity contribution in [3.8, 4) is 0 Å². The molecule has 0 amide bonds. The Hall–Kier alpha value is -1.42. The molecule has 1 aromatic rings. The summed E-state index contributed by atoms with van der Waals surface area (Å²) in [6, 6.07) is 3.59. The summed E-state index contributed by atoms with van der Waals surface area (Å²) in [6.07, 6.45) is 4.35. The van der Waals surface area contributed by atoms with Crippen molar-refractivity contribution in [2.75, 3.05) is 6.61 Å². The molecule has 0 unspecified atom stereocenters. The first-order chi connectivity index (χ1) is 7.24. The van der Waals surface area contributed by atoms with E-state index >= 15 is 0 Å². The van der Waals surface area contributed by atoms with Gasteiger partial charge in [-0.2, -0.15) is 0 Å². The van der Waals surface area contributed by atoms with Crippen LogP contribution in [0.25, 0.3) is 0 Å². The lowest BCUT2D eigenvalue weighted by atomic mass is 10.1.